The van der Waals surface area contributed by atoms with Gasteiger partial charge in [0.25, 0.3) is 0 Å². The minimum absolute atomic E-state index is 0.760. The number of fused-ring (bicyclic) bond motifs is 7. The lowest BCUT2D eigenvalue weighted by atomic mass is 9.96. The fourth-order valence-electron chi connectivity index (χ4n) is 10.2. The molecule has 1 aliphatic rings. The quantitative estimate of drug-likeness (QED) is 0.152. The maximum atomic E-state index is 6.90. The number of aryl methyl sites for hydroxylation is 1. The third kappa shape index (κ3) is 7.82. The molecule has 12 aromatic rings. The molecule has 2 heterocycles. The van der Waals surface area contributed by atoms with Crippen molar-refractivity contribution < 1.29 is 4.74 Å². The van der Waals surface area contributed by atoms with E-state index in [1.807, 2.05) is 18.2 Å². The summed E-state index contributed by atoms with van der Waals surface area (Å²) in [7, 11) is 0. The molecule has 0 saturated heterocycles. The molecule has 0 atom stereocenters. The zero-order chi connectivity index (χ0) is 46.1. The first-order chi connectivity index (χ1) is 34.2. The number of nitrogens with zero attached hydrogens (tertiary/aromatic N) is 3. The van der Waals surface area contributed by atoms with E-state index >= 15 is 0 Å². The van der Waals surface area contributed by atoms with Gasteiger partial charge in [-0.2, -0.15) is 0 Å². The molecular formula is C65H49N3O. The fourth-order valence-corrected chi connectivity index (χ4v) is 10.2. The zero-order valence-corrected chi connectivity index (χ0v) is 38.4. The lowest BCUT2D eigenvalue weighted by molar-refractivity contribution is 0.482. The van der Waals surface area contributed by atoms with Crippen molar-refractivity contribution in [1.82, 2.24) is 9.13 Å². The molecule has 4 heteroatoms. The molecule has 0 amide bonds. The molecule has 13 rings (SSSR count). The molecule has 0 aliphatic heterocycles. The van der Waals surface area contributed by atoms with E-state index in [0.29, 0.717) is 0 Å². The van der Waals surface area contributed by atoms with Crippen molar-refractivity contribution in [2.24, 2.45) is 0 Å². The van der Waals surface area contributed by atoms with Crippen molar-refractivity contribution in [3.63, 3.8) is 0 Å². The second-order valence-corrected chi connectivity index (χ2v) is 17.7. The third-order valence-electron chi connectivity index (χ3n) is 13.3. The van der Waals surface area contributed by atoms with Crippen LogP contribution in [0.1, 0.15) is 18.4 Å². The summed E-state index contributed by atoms with van der Waals surface area (Å²) >= 11 is 0. The van der Waals surface area contributed by atoms with E-state index in [1.54, 1.807) is 0 Å². The average molecular weight is 888 g/mol. The Labute approximate surface area is 402 Å². The highest BCUT2D eigenvalue weighted by Gasteiger charge is 2.20. The summed E-state index contributed by atoms with van der Waals surface area (Å²) in [5.74, 6) is 1.53. The Morgan fingerprint density at radius 2 is 0.884 bits per heavy atom. The van der Waals surface area contributed by atoms with Crippen molar-refractivity contribution in [3.8, 4) is 34.0 Å². The molecular weight excluding hydrogens is 839 g/mol. The first-order valence-electron chi connectivity index (χ1n) is 23.8. The minimum Gasteiger partial charge on any atom is -0.457 e. The van der Waals surface area contributed by atoms with Gasteiger partial charge in [0.15, 0.2) is 0 Å². The predicted molar refractivity (Wildman–Crippen MR) is 291 cm³/mol. The van der Waals surface area contributed by atoms with Crippen LogP contribution in [0.5, 0.6) is 11.5 Å². The van der Waals surface area contributed by atoms with Crippen LogP contribution in [0.15, 0.2) is 261 Å². The number of aromatic nitrogens is 2. The Kier molecular flexibility index (Phi) is 10.9. The normalized spacial score (nSPS) is 12.3. The van der Waals surface area contributed by atoms with Gasteiger partial charge in [0, 0.05) is 50.4 Å². The SMILES string of the molecule is C1=CC(N(c2ccccc2)c2ccc(-c3ccc(Oc4cc(-n5c6ccccc6c6ccccc65)cc(-n5c6ccccc6c6ccccc65)c4)cc3)c3ccccc23)=CCC1.Cc1ccccc1. The third-order valence-corrected chi connectivity index (χ3v) is 13.3. The number of para-hydroxylation sites is 5. The monoisotopic (exact) mass is 887 g/mol. The van der Waals surface area contributed by atoms with Crippen molar-refractivity contribution in [2.75, 3.05) is 4.90 Å². The van der Waals surface area contributed by atoms with E-state index in [-0.39, 0.29) is 0 Å². The highest BCUT2D eigenvalue weighted by atomic mass is 16.5. The first-order valence-corrected chi connectivity index (χ1v) is 23.8. The Balaban J connectivity index is 0.000000649. The van der Waals surface area contributed by atoms with Crippen molar-refractivity contribution in [2.45, 2.75) is 19.8 Å². The van der Waals surface area contributed by atoms with Crippen molar-refractivity contribution >= 4 is 65.8 Å². The molecule has 1 aliphatic carbocycles. The largest absolute Gasteiger partial charge is 0.457 e. The second-order valence-electron chi connectivity index (χ2n) is 17.7. The Hall–Kier alpha value is -8.86. The number of hydrogen-bond donors (Lipinski definition) is 0. The Bertz CT molecular complexity index is 3640. The lowest BCUT2D eigenvalue weighted by Crippen LogP contribution is -2.16. The fraction of sp³-hybridized carbons (Fsp3) is 0.0462. The lowest BCUT2D eigenvalue weighted by Gasteiger charge is -2.29. The van der Waals surface area contributed by atoms with Gasteiger partial charge in [0.05, 0.1) is 39.1 Å². The second kappa shape index (κ2) is 18.1. The van der Waals surface area contributed by atoms with Crippen LogP contribution < -0.4 is 9.64 Å². The summed E-state index contributed by atoms with van der Waals surface area (Å²) in [6, 6.07) is 84.1. The highest BCUT2D eigenvalue weighted by molar-refractivity contribution is 6.11. The Morgan fingerprint density at radius 1 is 0.406 bits per heavy atom. The summed E-state index contributed by atoms with van der Waals surface area (Å²) in [5.41, 5.74) is 13.8. The summed E-state index contributed by atoms with van der Waals surface area (Å²) < 4.78 is 11.6. The standard InChI is InChI=1S/C58H41N3O.C7H8/c1-3-17-41(18-4-1)59(42-19-5-2-6-20-42)58-36-35-47(48-21-7-8-22-49(48)58)40-31-33-45(34-32-40)62-46-38-43(60-54-27-13-9-23-50(54)51-24-10-14-28-55(51)60)37-44(39-46)61-56-29-15-11-25-52(56)53-26-12-16-30-57(53)61;1-7-5-3-2-4-6-7/h1,3-5,7-39H,2,6H2;2-6H,1H3. The van der Waals surface area contributed by atoms with Crippen LogP contribution in [0.3, 0.4) is 0 Å². The maximum Gasteiger partial charge on any atom is 0.131 e. The van der Waals surface area contributed by atoms with Gasteiger partial charge in [-0.05, 0) is 103 Å². The molecule has 10 aromatic carbocycles. The van der Waals surface area contributed by atoms with Gasteiger partial charge < -0.3 is 18.8 Å². The predicted octanol–water partition coefficient (Wildman–Crippen LogP) is 17.9. The van der Waals surface area contributed by atoms with Crippen molar-refractivity contribution in [1.29, 1.82) is 0 Å². The van der Waals surface area contributed by atoms with E-state index in [1.165, 1.54) is 49.1 Å². The molecule has 0 spiro atoms. The van der Waals surface area contributed by atoms with E-state index in [2.05, 4.69) is 258 Å². The summed E-state index contributed by atoms with van der Waals surface area (Å²) in [6.07, 6.45) is 8.98. The van der Waals surface area contributed by atoms with Crippen LogP contribution in [0.2, 0.25) is 0 Å². The number of hydrogen-bond acceptors (Lipinski definition) is 2. The number of rotatable bonds is 8. The molecule has 0 N–H and O–H groups in total. The molecule has 69 heavy (non-hydrogen) atoms. The topological polar surface area (TPSA) is 22.3 Å². The van der Waals surface area contributed by atoms with Crippen LogP contribution in [0.4, 0.5) is 11.4 Å². The van der Waals surface area contributed by atoms with Gasteiger partial charge in [-0.3, -0.25) is 0 Å². The number of anilines is 2. The molecule has 0 saturated carbocycles. The molecule has 0 radical (unpaired) electrons. The van der Waals surface area contributed by atoms with Gasteiger partial charge in [-0.1, -0.05) is 182 Å². The number of benzene rings is 10. The summed E-state index contributed by atoms with van der Waals surface area (Å²) in [6.45, 7) is 2.08. The highest BCUT2D eigenvalue weighted by Crippen LogP contribution is 2.42. The maximum absolute atomic E-state index is 6.90. The van der Waals surface area contributed by atoms with Crippen molar-refractivity contribution in [3.05, 3.63) is 266 Å². The van der Waals surface area contributed by atoms with Crippen LogP contribution in [-0.2, 0) is 0 Å². The van der Waals surface area contributed by atoms with E-state index in [0.717, 1.165) is 74.7 Å². The first kappa shape index (κ1) is 41.6. The molecule has 330 valence electrons. The molecule has 4 nitrogen and oxygen atoms in total. The zero-order valence-electron chi connectivity index (χ0n) is 38.4. The van der Waals surface area contributed by atoms with Crippen LogP contribution >= 0.6 is 0 Å². The van der Waals surface area contributed by atoms with Crippen LogP contribution in [-0.4, -0.2) is 9.13 Å². The van der Waals surface area contributed by atoms with E-state index in [9.17, 15) is 0 Å². The Morgan fingerprint density at radius 3 is 1.38 bits per heavy atom. The average Bonchev–Trinajstić information content (AvgIpc) is 3.93. The van der Waals surface area contributed by atoms with Gasteiger partial charge in [0.1, 0.15) is 11.5 Å². The van der Waals surface area contributed by atoms with Crippen LogP contribution in [0.25, 0.3) is 76.9 Å². The molecule has 0 bridgehead atoms. The summed E-state index contributed by atoms with van der Waals surface area (Å²) in [5, 5.41) is 7.29. The smallest absolute Gasteiger partial charge is 0.131 e. The van der Waals surface area contributed by atoms with Gasteiger partial charge in [-0.25, -0.2) is 0 Å². The van der Waals surface area contributed by atoms with E-state index < -0.39 is 0 Å². The molecule has 0 fully saturated rings. The van der Waals surface area contributed by atoms with Gasteiger partial charge >= 0.3 is 0 Å². The number of allylic oxidation sites excluding steroid dienone is 3. The van der Waals surface area contributed by atoms with Gasteiger partial charge in [-0.15, -0.1) is 0 Å². The molecule has 0 unspecified atom stereocenters. The summed E-state index contributed by atoms with van der Waals surface area (Å²) in [4.78, 5) is 2.39. The van der Waals surface area contributed by atoms with Crippen LogP contribution in [0, 0.1) is 6.92 Å². The minimum atomic E-state index is 0.760. The number of ether oxygens (including phenoxy) is 1. The van der Waals surface area contributed by atoms with Gasteiger partial charge in [0.2, 0.25) is 0 Å². The van der Waals surface area contributed by atoms with E-state index in [4.69, 9.17) is 4.74 Å². The molecule has 2 aromatic heterocycles.